The summed E-state index contributed by atoms with van der Waals surface area (Å²) in [5, 5.41) is 18.6. The number of rotatable bonds is 8. The summed E-state index contributed by atoms with van der Waals surface area (Å²) in [4.78, 5) is 11.0. The molecule has 0 atom stereocenters. The number of amides is 2. The Morgan fingerprint density at radius 2 is 1.89 bits per heavy atom. The van der Waals surface area contributed by atoms with Crippen LogP contribution in [-0.4, -0.2) is 22.3 Å². The highest BCUT2D eigenvalue weighted by atomic mass is 16.5. The second-order valence-corrected chi connectivity index (χ2v) is 6.48. The molecule has 28 heavy (non-hydrogen) atoms. The first-order valence-electron chi connectivity index (χ1n) is 9.34. The van der Waals surface area contributed by atoms with E-state index in [1.54, 1.807) is 4.57 Å². The Balaban J connectivity index is 1.95. The Hall–Kier alpha value is -3.35. The molecule has 3 aromatic rings. The monoisotopic (exact) mass is 380 g/mol. The quantitative estimate of drug-likeness (QED) is 0.418. The Kier molecular flexibility index (Phi) is 6.26. The zero-order valence-corrected chi connectivity index (χ0v) is 15.8. The van der Waals surface area contributed by atoms with Crippen molar-refractivity contribution in [3.8, 4) is 11.6 Å². The number of carbonyl (C=O) groups excluding carboxylic acids is 1. The highest BCUT2D eigenvalue weighted by Crippen LogP contribution is 2.39. The highest BCUT2D eigenvalue weighted by molar-refractivity contribution is 5.95. The van der Waals surface area contributed by atoms with Gasteiger partial charge in [0.2, 0.25) is 5.88 Å². The van der Waals surface area contributed by atoms with E-state index in [0.29, 0.717) is 18.5 Å². The fourth-order valence-electron chi connectivity index (χ4n) is 3.11. The van der Waals surface area contributed by atoms with Crippen LogP contribution in [-0.2, 0) is 6.54 Å². The Morgan fingerprint density at radius 1 is 1.14 bits per heavy atom. The fourth-order valence-corrected chi connectivity index (χ4v) is 3.11. The average Bonchev–Trinajstić information content (AvgIpc) is 2.96. The van der Waals surface area contributed by atoms with E-state index in [9.17, 15) is 9.90 Å². The first kappa shape index (κ1) is 19.4. The molecule has 0 aliphatic rings. The molecule has 0 spiro atoms. The number of para-hydroxylation sites is 2. The molecule has 0 fully saturated rings. The van der Waals surface area contributed by atoms with E-state index < -0.39 is 6.03 Å². The summed E-state index contributed by atoms with van der Waals surface area (Å²) in [6.07, 6.45) is 3.26. The number of aromatic nitrogens is 1. The van der Waals surface area contributed by atoms with Gasteiger partial charge in [-0.25, -0.2) is 4.79 Å². The lowest BCUT2D eigenvalue weighted by Gasteiger charge is -2.13. The van der Waals surface area contributed by atoms with Gasteiger partial charge in [-0.2, -0.15) is 0 Å². The number of hydrogen-bond donors (Lipinski definition) is 2. The van der Waals surface area contributed by atoms with Crippen LogP contribution >= 0.6 is 0 Å². The average molecular weight is 380 g/mol. The van der Waals surface area contributed by atoms with E-state index in [1.165, 1.54) is 0 Å². The van der Waals surface area contributed by atoms with E-state index in [2.05, 4.69) is 17.2 Å². The van der Waals surface area contributed by atoms with Crippen molar-refractivity contribution >= 4 is 22.6 Å². The SMILES string of the molecule is CCCCCOc1ccccc1Cn1c(O)c(N=NC(N)=O)c2ccccc21. The van der Waals surface area contributed by atoms with Crippen LogP contribution in [0.1, 0.15) is 31.7 Å². The fraction of sp³-hybridized carbons (Fsp3) is 0.286. The minimum Gasteiger partial charge on any atom is -0.493 e. The van der Waals surface area contributed by atoms with Crippen molar-refractivity contribution < 1.29 is 14.6 Å². The van der Waals surface area contributed by atoms with Gasteiger partial charge in [0, 0.05) is 10.9 Å². The molecule has 0 aliphatic heterocycles. The molecular formula is C21H24N4O3. The summed E-state index contributed by atoms with van der Waals surface area (Å²) in [5.41, 5.74) is 6.98. The van der Waals surface area contributed by atoms with Crippen molar-refractivity contribution in [2.45, 2.75) is 32.7 Å². The second kappa shape index (κ2) is 9.03. The van der Waals surface area contributed by atoms with Gasteiger partial charge in [-0.1, -0.05) is 61.3 Å². The van der Waals surface area contributed by atoms with E-state index in [1.807, 2.05) is 48.5 Å². The van der Waals surface area contributed by atoms with E-state index in [-0.39, 0.29) is 11.6 Å². The van der Waals surface area contributed by atoms with Crippen molar-refractivity contribution in [2.24, 2.45) is 16.0 Å². The van der Waals surface area contributed by atoms with Crippen molar-refractivity contribution in [3.05, 3.63) is 54.1 Å². The number of hydrogen-bond acceptors (Lipinski definition) is 4. The van der Waals surface area contributed by atoms with E-state index in [4.69, 9.17) is 10.5 Å². The molecule has 7 nitrogen and oxygen atoms in total. The van der Waals surface area contributed by atoms with Crippen LogP contribution in [0.15, 0.2) is 58.8 Å². The van der Waals surface area contributed by atoms with Crippen LogP contribution in [0.5, 0.6) is 11.6 Å². The number of aromatic hydroxyl groups is 1. The number of nitrogens with two attached hydrogens (primary N) is 1. The largest absolute Gasteiger partial charge is 0.493 e. The zero-order chi connectivity index (χ0) is 19.9. The zero-order valence-electron chi connectivity index (χ0n) is 15.8. The van der Waals surface area contributed by atoms with Gasteiger partial charge >= 0.3 is 6.03 Å². The number of nitrogens with zero attached hydrogens (tertiary/aromatic N) is 3. The molecule has 0 bridgehead atoms. The maximum absolute atomic E-state index is 11.0. The van der Waals surface area contributed by atoms with Gasteiger partial charge in [-0.05, 0) is 18.6 Å². The summed E-state index contributed by atoms with van der Waals surface area (Å²) < 4.78 is 7.67. The molecule has 1 heterocycles. The number of benzene rings is 2. The Morgan fingerprint density at radius 3 is 2.68 bits per heavy atom. The lowest BCUT2D eigenvalue weighted by molar-refractivity contribution is 0.255. The molecule has 0 unspecified atom stereocenters. The molecule has 2 aromatic carbocycles. The van der Waals surface area contributed by atoms with E-state index >= 15 is 0 Å². The molecule has 3 N–H and O–H groups in total. The molecule has 0 saturated carbocycles. The number of unbranched alkanes of at least 4 members (excludes halogenated alkanes) is 2. The predicted molar refractivity (Wildman–Crippen MR) is 108 cm³/mol. The minimum absolute atomic E-state index is 0.0769. The van der Waals surface area contributed by atoms with Crippen molar-refractivity contribution in [1.82, 2.24) is 4.57 Å². The summed E-state index contributed by atoms with van der Waals surface area (Å²) >= 11 is 0. The van der Waals surface area contributed by atoms with E-state index in [0.717, 1.165) is 36.1 Å². The third-order valence-corrected chi connectivity index (χ3v) is 4.47. The van der Waals surface area contributed by atoms with Crippen molar-refractivity contribution in [3.63, 3.8) is 0 Å². The van der Waals surface area contributed by atoms with Crippen LogP contribution in [0, 0.1) is 0 Å². The summed E-state index contributed by atoms with van der Waals surface area (Å²) in [5.74, 6) is 0.711. The molecule has 2 amide bonds. The molecule has 0 aliphatic carbocycles. The standard InChI is InChI=1S/C21H24N4O3/c1-2-3-8-13-28-18-12-7-4-9-15(18)14-25-17-11-6-5-10-16(17)19(20(25)26)23-24-21(22)27/h4-7,9-12,26H,2-3,8,13-14H2,1H3,(H2,22,27). The van der Waals surface area contributed by atoms with Crippen molar-refractivity contribution in [1.29, 1.82) is 0 Å². The first-order valence-corrected chi connectivity index (χ1v) is 9.34. The molecule has 0 radical (unpaired) electrons. The number of carbonyl (C=O) groups is 1. The predicted octanol–water partition coefficient (Wildman–Crippen LogP) is 5.13. The lowest BCUT2D eigenvalue weighted by atomic mass is 10.2. The number of primary amides is 1. The van der Waals surface area contributed by atoms with Crippen LogP contribution < -0.4 is 10.5 Å². The number of urea groups is 1. The van der Waals surface area contributed by atoms with Gasteiger partial charge in [-0.15, -0.1) is 5.11 Å². The molecule has 1 aromatic heterocycles. The normalized spacial score (nSPS) is 11.3. The second-order valence-electron chi connectivity index (χ2n) is 6.48. The van der Waals surface area contributed by atoms with Crippen LogP contribution in [0.4, 0.5) is 10.5 Å². The number of azo groups is 1. The number of fused-ring (bicyclic) bond motifs is 1. The summed E-state index contributed by atoms with van der Waals surface area (Å²) in [6.45, 7) is 3.20. The maximum atomic E-state index is 11.0. The van der Waals surface area contributed by atoms with Gasteiger partial charge in [0.05, 0.1) is 18.7 Å². The Labute approximate surface area is 163 Å². The Bertz CT molecular complexity index is 994. The van der Waals surface area contributed by atoms with Gasteiger partial charge in [0.1, 0.15) is 5.75 Å². The molecule has 7 heteroatoms. The van der Waals surface area contributed by atoms with Gasteiger partial charge < -0.3 is 20.1 Å². The summed E-state index contributed by atoms with van der Waals surface area (Å²) in [6, 6.07) is 14.2. The molecular weight excluding hydrogens is 356 g/mol. The molecule has 0 saturated heterocycles. The van der Waals surface area contributed by atoms with Gasteiger partial charge in [-0.3, -0.25) is 0 Å². The topological polar surface area (TPSA) is 102 Å². The van der Waals surface area contributed by atoms with Gasteiger partial charge in [0.15, 0.2) is 5.69 Å². The summed E-state index contributed by atoms with van der Waals surface area (Å²) in [7, 11) is 0. The lowest BCUT2D eigenvalue weighted by Crippen LogP contribution is -2.04. The molecule has 146 valence electrons. The number of ether oxygens (including phenoxy) is 1. The smallest absolute Gasteiger partial charge is 0.356 e. The third-order valence-electron chi connectivity index (χ3n) is 4.47. The van der Waals surface area contributed by atoms with Crippen molar-refractivity contribution in [2.75, 3.05) is 6.61 Å². The van der Waals surface area contributed by atoms with Crippen LogP contribution in [0.2, 0.25) is 0 Å². The van der Waals surface area contributed by atoms with Crippen LogP contribution in [0.3, 0.4) is 0 Å². The van der Waals surface area contributed by atoms with Gasteiger partial charge in [0.25, 0.3) is 0 Å². The minimum atomic E-state index is -0.915. The first-order chi connectivity index (χ1) is 13.6. The van der Waals surface area contributed by atoms with Crippen LogP contribution in [0.25, 0.3) is 10.9 Å². The third kappa shape index (κ3) is 4.31. The maximum Gasteiger partial charge on any atom is 0.356 e. The highest BCUT2D eigenvalue weighted by Gasteiger charge is 2.18. The molecule has 3 rings (SSSR count).